The van der Waals surface area contributed by atoms with E-state index >= 15 is 0 Å². The van der Waals surface area contributed by atoms with Gasteiger partial charge < -0.3 is 15.1 Å². The van der Waals surface area contributed by atoms with E-state index in [2.05, 4.69) is 24.9 Å². The van der Waals surface area contributed by atoms with Crippen molar-refractivity contribution >= 4 is 33.1 Å². The van der Waals surface area contributed by atoms with Gasteiger partial charge in [-0.15, -0.1) is 0 Å². The summed E-state index contributed by atoms with van der Waals surface area (Å²) in [7, 11) is -3.76. The lowest BCUT2D eigenvalue weighted by Crippen LogP contribution is -2.52. The van der Waals surface area contributed by atoms with E-state index < -0.39 is 16.1 Å². The molecule has 1 saturated heterocycles. The standard InChI is InChI=1S/C23H25FN6O3S/c1-17(27-19-4-2-3-18(24)15-19)23(31)30-13-11-29(12-14-30)20-5-7-21(8-6-20)34(32,33)28-22-9-10-25-16-26-22/h2-10,15-17,27H,11-14H2,1H3,(H,25,26,28). The van der Waals surface area contributed by atoms with E-state index in [1.165, 1.54) is 30.7 Å². The van der Waals surface area contributed by atoms with Gasteiger partial charge in [0.25, 0.3) is 10.0 Å². The molecule has 2 N–H and O–H groups in total. The van der Waals surface area contributed by atoms with Gasteiger partial charge in [-0.1, -0.05) is 6.07 Å². The maximum Gasteiger partial charge on any atom is 0.263 e. The lowest BCUT2D eigenvalue weighted by atomic mass is 10.2. The molecule has 34 heavy (non-hydrogen) atoms. The van der Waals surface area contributed by atoms with Crippen molar-refractivity contribution in [2.45, 2.75) is 17.9 Å². The number of hydrogen-bond acceptors (Lipinski definition) is 7. The molecule has 0 radical (unpaired) electrons. The van der Waals surface area contributed by atoms with E-state index in [9.17, 15) is 17.6 Å². The zero-order chi connectivity index (χ0) is 24.1. The molecule has 0 aliphatic carbocycles. The Morgan fingerprint density at radius 1 is 1.06 bits per heavy atom. The minimum atomic E-state index is -3.76. The summed E-state index contributed by atoms with van der Waals surface area (Å²) in [5.74, 6) is -0.218. The zero-order valence-electron chi connectivity index (χ0n) is 18.6. The smallest absolute Gasteiger partial charge is 0.263 e. The first-order valence-electron chi connectivity index (χ1n) is 10.8. The largest absolute Gasteiger partial charge is 0.374 e. The number of nitrogens with one attached hydrogen (secondary N) is 2. The highest BCUT2D eigenvalue weighted by Gasteiger charge is 2.25. The number of aromatic nitrogens is 2. The van der Waals surface area contributed by atoms with Gasteiger partial charge in [-0.25, -0.2) is 22.8 Å². The molecule has 4 rings (SSSR count). The highest BCUT2D eigenvalue weighted by molar-refractivity contribution is 7.92. The van der Waals surface area contributed by atoms with Gasteiger partial charge >= 0.3 is 0 Å². The third-order valence-corrected chi connectivity index (χ3v) is 6.87. The summed E-state index contributed by atoms with van der Waals surface area (Å²) < 4.78 is 40.9. The van der Waals surface area contributed by atoms with Crippen LogP contribution in [0.25, 0.3) is 0 Å². The molecule has 1 amide bonds. The van der Waals surface area contributed by atoms with Crippen molar-refractivity contribution in [2.24, 2.45) is 0 Å². The predicted octanol–water partition coefficient (Wildman–Crippen LogP) is 2.57. The fourth-order valence-electron chi connectivity index (χ4n) is 3.73. The summed E-state index contributed by atoms with van der Waals surface area (Å²) in [6.45, 7) is 4.05. The SMILES string of the molecule is CC(Nc1cccc(F)c1)C(=O)N1CCN(c2ccc(S(=O)(=O)Nc3ccncn3)cc2)CC1. The van der Waals surface area contributed by atoms with Gasteiger partial charge in [-0.2, -0.15) is 0 Å². The normalized spacial score (nSPS) is 15.0. The number of hydrogen-bond donors (Lipinski definition) is 2. The molecule has 1 fully saturated rings. The third kappa shape index (κ3) is 5.60. The molecule has 0 saturated carbocycles. The van der Waals surface area contributed by atoms with Crippen LogP contribution in [-0.4, -0.2) is 61.4 Å². The molecule has 11 heteroatoms. The summed E-state index contributed by atoms with van der Waals surface area (Å²) in [6, 6.07) is 13.6. The van der Waals surface area contributed by atoms with Crippen LogP contribution in [0.3, 0.4) is 0 Å². The van der Waals surface area contributed by atoms with E-state index in [1.54, 1.807) is 48.2 Å². The lowest BCUT2D eigenvalue weighted by Gasteiger charge is -2.37. The minimum absolute atomic E-state index is 0.0545. The Hall–Kier alpha value is -3.73. The van der Waals surface area contributed by atoms with E-state index in [0.717, 1.165) is 5.69 Å². The van der Waals surface area contributed by atoms with Crippen LogP contribution in [0, 0.1) is 5.82 Å². The fourth-order valence-corrected chi connectivity index (χ4v) is 4.74. The van der Waals surface area contributed by atoms with Gasteiger partial charge in [0, 0.05) is 43.8 Å². The van der Waals surface area contributed by atoms with Crippen LogP contribution in [0.1, 0.15) is 6.92 Å². The number of carbonyl (C=O) groups is 1. The van der Waals surface area contributed by atoms with Gasteiger partial charge in [0.1, 0.15) is 24.0 Å². The molecule has 2 heterocycles. The third-order valence-electron chi connectivity index (χ3n) is 5.50. The van der Waals surface area contributed by atoms with Crippen molar-refractivity contribution in [3.8, 4) is 0 Å². The number of benzene rings is 2. The van der Waals surface area contributed by atoms with E-state index in [1.807, 2.05) is 0 Å². The fraction of sp³-hybridized carbons (Fsp3) is 0.261. The molecular weight excluding hydrogens is 459 g/mol. The molecule has 2 aromatic carbocycles. The second kappa shape index (κ2) is 10.0. The van der Waals surface area contributed by atoms with Gasteiger partial charge in [-0.05, 0) is 55.5 Å². The van der Waals surface area contributed by atoms with Crippen LogP contribution in [-0.2, 0) is 14.8 Å². The highest BCUT2D eigenvalue weighted by atomic mass is 32.2. The quantitative estimate of drug-likeness (QED) is 0.531. The lowest BCUT2D eigenvalue weighted by molar-refractivity contribution is -0.131. The second-order valence-corrected chi connectivity index (χ2v) is 9.57. The first kappa shape index (κ1) is 23.4. The van der Waals surface area contributed by atoms with Gasteiger partial charge in [-0.3, -0.25) is 9.52 Å². The molecule has 178 valence electrons. The Morgan fingerprint density at radius 2 is 1.79 bits per heavy atom. The Morgan fingerprint density at radius 3 is 2.44 bits per heavy atom. The summed E-state index contributed by atoms with van der Waals surface area (Å²) in [5.41, 5.74) is 1.43. The maximum atomic E-state index is 13.4. The van der Waals surface area contributed by atoms with Crippen molar-refractivity contribution < 1.29 is 17.6 Å². The van der Waals surface area contributed by atoms with Crippen molar-refractivity contribution in [2.75, 3.05) is 41.1 Å². The average molecular weight is 485 g/mol. The molecule has 0 bridgehead atoms. The van der Waals surface area contributed by atoms with Gasteiger partial charge in [0.2, 0.25) is 5.91 Å². The number of carbonyl (C=O) groups excluding carboxylic acids is 1. The molecule has 0 spiro atoms. The summed E-state index contributed by atoms with van der Waals surface area (Å²) >= 11 is 0. The highest BCUT2D eigenvalue weighted by Crippen LogP contribution is 2.21. The summed E-state index contributed by atoms with van der Waals surface area (Å²) in [6.07, 6.45) is 2.72. The second-order valence-electron chi connectivity index (χ2n) is 7.88. The molecule has 1 aliphatic rings. The van der Waals surface area contributed by atoms with Crippen LogP contribution >= 0.6 is 0 Å². The molecular formula is C23H25FN6O3S. The number of piperazine rings is 1. The Bertz CT molecular complexity index is 1230. The van der Waals surface area contributed by atoms with Crippen molar-refractivity contribution in [1.82, 2.24) is 14.9 Å². The Labute approximate surface area is 197 Å². The number of sulfonamides is 1. The monoisotopic (exact) mass is 484 g/mol. The Balaban J connectivity index is 1.32. The number of rotatable bonds is 7. The zero-order valence-corrected chi connectivity index (χ0v) is 19.4. The van der Waals surface area contributed by atoms with Gasteiger partial charge in [0.05, 0.1) is 4.90 Å². The van der Waals surface area contributed by atoms with Crippen molar-refractivity contribution in [1.29, 1.82) is 0 Å². The molecule has 1 aliphatic heterocycles. The van der Waals surface area contributed by atoms with Crippen molar-refractivity contribution in [3.05, 3.63) is 72.9 Å². The van der Waals surface area contributed by atoms with Crippen LogP contribution in [0.15, 0.2) is 72.0 Å². The number of halogens is 1. The number of amides is 1. The van der Waals surface area contributed by atoms with Crippen molar-refractivity contribution in [3.63, 3.8) is 0 Å². The topological polar surface area (TPSA) is 108 Å². The molecule has 3 aromatic rings. The molecule has 9 nitrogen and oxygen atoms in total. The first-order chi connectivity index (χ1) is 16.3. The van der Waals surface area contributed by atoms with E-state index in [-0.39, 0.29) is 22.4 Å². The number of anilines is 3. The number of nitrogens with zero attached hydrogens (tertiary/aromatic N) is 4. The predicted molar refractivity (Wildman–Crippen MR) is 128 cm³/mol. The van der Waals surface area contributed by atoms with Crippen LogP contribution in [0.4, 0.5) is 21.6 Å². The van der Waals surface area contributed by atoms with Gasteiger partial charge in [0.15, 0.2) is 0 Å². The van der Waals surface area contributed by atoms with Crippen LogP contribution < -0.4 is 14.9 Å². The molecule has 1 atom stereocenters. The van der Waals surface area contributed by atoms with E-state index in [0.29, 0.717) is 31.9 Å². The Kier molecular flexibility index (Phi) is 6.92. The molecule has 1 unspecified atom stereocenters. The van der Waals surface area contributed by atoms with Crippen LogP contribution in [0.2, 0.25) is 0 Å². The minimum Gasteiger partial charge on any atom is -0.374 e. The summed E-state index contributed by atoms with van der Waals surface area (Å²) in [5, 5.41) is 3.04. The van der Waals surface area contributed by atoms with Crippen LogP contribution in [0.5, 0.6) is 0 Å². The molecule has 1 aromatic heterocycles. The maximum absolute atomic E-state index is 13.4. The summed E-state index contributed by atoms with van der Waals surface area (Å²) in [4.78, 5) is 24.4. The van der Waals surface area contributed by atoms with E-state index in [4.69, 9.17) is 0 Å². The first-order valence-corrected chi connectivity index (χ1v) is 12.2. The average Bonchev–Trinajstić information content (AvgIpc) is 2.84.